The van der Waals surface area contributed by atoms with Gasteiger partial charge in [0, 0.05) is 38.4 Å². The zero-order valence-corrected chi connectivity index (χ0v) is 21.6. The summed E-state index contributed by atoms with van der Waals surface area (Å²) in [6, 6.07) is 10.2. The zero-order chi connectivity index (χ0) is 21.4. The lowest BCUT2D eigenvalue weighted by Gasteiger charge is -2.39. The van der Waals surface area contributed by atoms with Crippen molar-refractivity contribution in [1.29, 1.82) is 0 Å². The number of hydrogen-bond acceptors (Lipinski definition) is 3. The van der Waals surface area contributed by atoms with E-state index in [1.807, 2.05) is 29.1 Å². The fraction of sp³-hybridized carbons (Fsp3) is 0.583. The molecule has 7 heteroatoms. The maximum absolute atomic E-state index is 6.11. The third-order valence-corrected chi connectivity index (χ3v) is 5.49. The predicted octanol–water partition coefficient (Wildman–Crippen LogP) is 4.43. The molecule has 1 aromatic heterocycles. The van der Waals surface area contributed by atoms with E-state index in [0.717, 1.165) is 50.7 Å². The van der Waals surface area contributed by atoms with Crippen LogP contribution >= 0.6 is 24.0 Å². The highest BCUT2D eigenvalue weighted by Crippen LogP contribution is 2.34. The number of guanidine groups is 1. The predicted molar refractivity (Wildman–Crippen MR) is 139 cm³/mol. The van der Waals surface area contributed by atoms with E-state index < -0.39 is 0 Å². The molecule has 0 amide bonds. The Morgan fingerprint density at radius 1 is 1.23 bits per heavy atom. The first-order valence-corrected chi connectivity index (χ1v) is 11.2. The van der Waals surface area contributed by atoms with Gasteiger partial charge in [0.15, 0.2) is 5.96 Å². The van der Waals surface area contributed by atoms with Crippen molar-refractivity contribution < 1.29 is 4.74 Å². The Morgan fingerprint density at radius 3 is 2.71 bits per heavy atom. The minimum Gasteiger partial charge on any atom is -0.377 e. The summed E-state index contributed by atoms with van der Waals surface area (Å²) in [4.78, 5) is 4.88. The van der Waals surface area contributed by atoms with Gasteiger partial charge in [-0.15, -0.1) is 24.0 Å². The zero-order valence-electron chi connectivity index (χ0n) is 19.3. The molecular formula is C24H38IN5O. The number of benzene rings is 1. The fourth-order valence-electron chi connectivity index (χ4n) is 4.07. The Hall–Kier alpha value is -1.61. The molecule has 1 aliphatic heterocycles. The highest BCUT2D eigenvalue weighted by molar-refractivity contribution is 14.0. The van der Waals surface area contributed by atoms with Crippen LogP contribution < -0.4 is 10.6 Å². The van der Waals surface area contributed by atoms with Crippen LogP contribution in [0.2, 0.25) is 0 Å². The molecule has 3 rings (SSSR count). The molecule has 0 radical (unpaired) electrons. The molecular weight excluding hydrogens is 501 g/mol. The van der Waals surface area contributed by atoms with E-state index >= 15 is 0 Å². The number of nitrogens with zero attached hydrogens (tertiary/aromatic N) is 3. The van der Waals surface area contributed by atoms with Crippen molar-refractivity contribution in [3.05, 3.63) is 48.3 Å². The molecule has 2 atom stereocenters. The lowest BCUT2D eigenvalue weighted by atomic mass is 9.78. The summed E-state index contributed by atoms with van der Waals surface area (Å²) in [7, 11) is 0. The summed E-state index contributed by atoms with van der Waals surface area (Å²) in [5.74, 6) is 1.35. The van der Waals surface area contributed by atoms with Crippen molar-refractivity contribution >= 4 is 29.9 Å². The van der Waals surface area contributed by atoms with E-state index in [0.29, 0.717) is 5.92 Å². The first-order chi connectivity index (χ1) is 14.5. The van der Waals surface area contributed by atoms with Gasteiger partial charge in [-0.3, -0.25) is 4.99 Å². The molecule has 1 aliphatic rings. The van der Waals surface area contributed by atoms with Crippen molar-refractivity contribution in [3.8, 4) is 5.69 Å². The summed E-state index contributed by atoms with van der Waals surface area (Å²) >= 11 is 0. The van der Waals surface area contributed by atoms with Gasteiger partial charge >= 0.3 is 0 Å². The molecule has 1 fully saturated rings. The topological polar surface area (TPSA) is 63.5 Å². The van der Waals surface area contributed by atoms with Crippen LogP contribution in [0.4, 0.5) is 0 Å². The first-order valence-electron chi connectivity index (χ1n) is 11.2. The highest BCUT2D eigenvalue weighted by Gasteiger charge is 2.35. The Balaban J connectivity index is 0.00000341. The summed E-state index contributed by atoms with van der Waals surface area (Å²) < 4.78 is 8.03. The Morgan fingerprint density at radius 2 is 2.00 bits per heavy atom. The van der Waals surface area contributed by atoms with Crippen LogP contribution in [0.1, 0.15) is 46.1 Å². The number of nitrogens with one attached hydrogen (secondary N) is 2. The smallest absolute Gasteiger partial charge is 0.191 e. The average molecular weight is 540 g/mol. The number of ether oxygens (including phenoxy) is 1. The van der Waals surface area contributed by atoms with Crippen LogP contribution in [0.15, 0.2) is 47.7 Å². The molecule has 2 aromatic rings. The minimum absolute atomic E-state index is 0. The molecule has 2 N–H and O–H groups in total. The molecule has 1 saturated heterocycles. The minimum atomic E-state index is 0. The lowest BCUT2D eigenvalue weighted by molar-refractivity contribution is -0.0823. The van der Waals surface area contributed by atoms with Crippen LogP contribution in [0.3, 0.4) is 0 Å². The van der Waals surface area contributed by atoms with Crippen LogP contribution in [-0.4, -0.2) is 48.1 Å². The summed E-state index contributed by atoms with van der Waals surface area (Å²) in [6.07, 6.45) is 7.50. The molecule has 0 saturated carbocycles. The molecule has 0 bridgehead atoms. The van der Waals surface area contributed by atoms with Gasteiger partial charge in [-0.05, 0) is 49.3 Å². The second-order valence-electron chi connectivity index (χ2n) is 9.08. The van der Waals surface area contributed by atoms with Gasteiger partial charge in [-0.2, -0.15) is 5.10 Å². The van der Waals surface area contributed by atoms with Crippen LogP contribution in [0.25, 0.3) is 5.69 Å². The van der Waals surface area contributed by atoms with Gasteiger partial charge < -0.3 is 15.4 Å². The summed E-state index contributed by atoms with van der Waals surface area (Å²) in [5.41, 5.74) is 2.43. The number of halogens is 1. The maximum atomic E-state index is 6.11. The second-order valence-corrected chi connectivity index (χ2v) is 9.08. The molecule has 6 nitrogen and oxygen atoms in total. The van der Waals surface area contributed by atoms with E-state index in [9.17, 15) is 0 Å². The molecule has 1 aromatic carbocycles. The Labute approximate surface area is 204 Å². The standard InChI is InChI=1S/C24H37N5O.HI/c1-5-25-23(27-17-20-10-9-15-30-22(20)24(2,3)4)26-14-13-19-16-28-29(18-19)21-11-7-6-8-12-21;/h6-8,11-12,16,18,20,22H,5,9-10,13-15,17H2,1-4H3,(H2,25,26,27);1H. The van der Waals surface area contributed by atoms with E-state index in [-0.39, 0.29) is 35.5 Å². The van der Waals surface area contributed by atoms with Crippen molar-refractivity contribution in [2.24, 2.45) is 16.3 Å². The van der Waals surface area contributed by atoms with Gasteiger partial charge in [0.1, 0.15) is 0 Å². The van der Waals surface area contributed by atoms with Crippen molar-refractivity contribution in [3.63, 3.8) is 0 Å². The van der Waals surface area contributed by atoms with Gasteiger partial charge in [0.2, 0.25) is 0 Å². The van der Waals surface area contributed by atoms with Crippen molar-refractivity contribution in [2.45, 2.75) is 53.1 Å². The van der Waals surface area contributed by atoms with Crippen LogP contribution in [-0.2, 0) is 11.2 Å². The van der Waals surface area contributed by atoms with Crippen LogP contribution in [0.5, 0.6) is 0 Å². The molecule has 0 spiro atoms. The molecule has 172 valence electrons. The molecule has 31 heavy (non-hydrogen) atoms. The van der Waals surface area contributed by atoms with Gasteiger partial charge in [0.05, 0.1) is 18.0 Å². The fourth-order valence-corrected chi connectivity index (χ4v) is 4.07. The normalized spacial score (nSPS) is 19.5. The number of para-hydroxylation sites is 1. The Kier molecular flexibility index (Phi) is 10.3. The monoisotopic (exact) mass is 539 g/mol. The molecule has 2 unspecified atom stereocenters. The third kappa shape index (κ3) is 7.79. The largest absolute Gasteiger partial charge is 0.377 e. The van der Waals surface area contributed by atoms with E-state index in [2.05, 4.69) is 61.8 Å². The summed E-state index contributed by atoms with van der Waals surface area (Å²) in [5, 5.41) is 11.3. The second kappa shape index (κ2) is 12.4. The van der Waals surface area contributed by atoms with Crippen molar-refractivity contribution in [1.82, 2.24) is 20.4 Å². The first kappa shape index (κ1) is 25.6. The van der Waals surface area contributed by atoms with Crippen molar-refractivity contribution in [2.75, 3.05) is 26.2 Å². The van der Waals surface area contributed by atoms with Gasteiger partial charge in [0.25, 0.3) is 0 Å². The number of aromatic nitrogens is 2. The Bertz CT molecular complexity index is 800. The highest BCUT2D eigenvalue weighted by atomic mass is 127. The third-order valence-electron chi connectivity index (χ3n) is 5.49. The van der Waals surface area contributed by atoms with Gasteiger partial charge in [-0.25, -0.2) is 4.68 Å². The van der Waals surface area contributed by atoms with E-state index in [1.165, 1.54) is 12.0 Å². The molecule has 2 heterocycles. The molecule has 0 aliphatic carbocycles. The lowest BCUT2D eigenvalue weighted by Crippen LogP contribution is -2.43. The quantitative estimate of drug-likeness (QED) is 0.311. The maximum Gasteiger partial charge on any atom is 0.191 e. The number of aliphatic imine (C=N–C) groups is 1. The van der Waals surface area contributed by atoms with E-state index in [1.54, 1.807) is 0 Å². The average Bonchev–Trinajstić information content (AvgIpc) is 3.21. The number of hydrogen-bond donors (Lipinski definition) is 2. The SMILES string of the molecule is CCNC(=NCC1CCCOC1C(C)(C)C)NCCc1cnn(-c2ccccc2)c1.I. The summed E-state index contributed by atoms with van der Waals surface area (Å²) in [6.45, 7) is 12.2. The van der Waals surface area contributed by atoms with Crippen LogP contribution in [0, 0.1) is 11.3 Å². The van der Waals surface area contributed by atoms with Gasteiger partial charge in [-0.1, -0.05) is 39.0 Å². The van der Waals surface area contributed by atoms with E-state index in [4.69, 9.17) is 9.73 Å². The number of rotatable bonds is 7.